The lowest BCUT2D eigenvalue weighted by atomic mass is 10.1. The van der Waals surface area contributed by atoms with Crippen molar-refractivity contribution in [2.24, 2.45) is 17.4 Å². The monoisotopic (exact) mass is 253 g/mol. The second-order valence-corrected chi connectivity index (χ2v) is 4.98. The highest BCUT2D eigenvalue weighted by molar-refractivity contribution is 6.33. The normalized spacial score (nSPS) is 24.1. The first kappa shape index (κ1) is 12.2. The van der Waals surface area contributed by atoms with Crippen LogP contribution in [0, 0.1) is 5.92 Å². The Balaban J connectivity index is 2.26. The molecule has 2 rings (SSSR count). The highest BCUT2D eigenvalue weighted by Crippen LogP contribution is 2.30. The van der Waals surface area contributed by atoms with Crippen molar-refractivity contribution in [2.45, 2.75) is 13.0 Å². The number of hydrogen-bond acceptors (Lipinski definition) is 3. The van der Waals surface area contributed by atoms with Gasteiger partial charge in [-0.3, -0.25) is 4.79 Å². The fourth-order valence-corrected chi connectivity index (χ4v) is 2.41. The number of amides is 1. The second kappa shape index (κ2) is 4.55. The van der Waals surface area contributed by atoms with Gasteiger partial charge in [0.05, 0.1) is 10.7 Å². The van der Waals surface area contributed by atoms with Crippen LogP contribution in [0.3, 0.4) is 0 Å². The number of hydrogen-bond donors (Lipinski definition) is 2. The van der Waals surface area contributed by atoms with E-state index in [2.05, 4.69) is 11.8 Å². The van der Waals surface area contributed by atoms with E-state index < -0.39 is 5.91 Å². The minimum absolute atomic E-state index is 0.168. The predicted octanol–water partition coefficient (Wildman–Crippen LogP) is 1.22. The van der Waals surface area contributed by atoms with E-state index in [1.807, 2.05) is 6.07 Å². The average molecular weight is 254 g/mol. The van der Waals surface area contributed by atoms with Crippen molar-refractivity contribution in [2.75, 3.05) is 18.0 Å². The van der Waals surface area contributed by atoms with Crippen molar-refractivity contribution in [3.8, 4) is 0 Å². The molecular formula is C12H16ClN3O. The van der Waals surface area contributed by atoms with Gasteiger partial charge in [-0.2, -0.15) is 0 Å². The summed E-state index contributed by atoms with van der Waals surface area (Å²) in [6.45, 7) is 3.80. The molecule has 0 saturated carbocycles. The van der Waals surface area contributed by atoms with Crippen LogP contribution in [-0.4, -0.2) is 25.0 Å². The molecule has 1 saturated heterocycles. The maximum atomic E-state index is 11.0. The van der Waals surface area contributed by atoms with E-state index in [0.29, 0.717) is 16.5 Å². The summed E-state index contributed by atoms with van der Waals surface area (Å²) < 4.78 is 0. The van der Waals surface area contributed by atoms with E-state index in [0.717, 1.165) is 18.8 Å². The third-order valence-corrected chi connectivity index (χ3v) is 3.55. The number of rotatable bonds is 2. The van der Waals surface area contributed by atoms with Crippen LogP contribution >= 0.6 is 11.6 Å². The lowest BCUT2D eigenvalue weighted by Crippen LogP contribution is -2.28. The Hall–Kier alpha value is -1.26. The van der Waals surface area contributed by atoms with Crippen LogP contribution in [0.25, 0.3) is 0 Å². The third-order valence-electron chi connectivity index (χ3n) is 3.24. The van der Waals surface area contributed by atoms with Gasteiger partial charge in [-0.15, -0.1) is 0 Å². The van der Waals surface area contributed by atoms with Gasteiger partial charge in [0.15, 0.2) is 0 Å². The van der Waals surface area contributed by atoms with Crippen molar-refractivity contribution in [3.63, 3.8) is 0 Å². The zero-order valence-electron chi connectivity index (χ0n) is 9.69. The van der Waals surface area contributed by atoms with Crippen molar-refractivity contribution in [1.82, 2.24) is 0 Å². The van der Waals surface area contributed by atoms with Crippen molar-refractivity contribution in [3.05, 3.63) is 28.8 Å². The molecule has 1 aliphatic heterocycles. The van der Waals surface area contributed by atoms with Crippen LogP contribution in [0.1, 0.15) is 17.3 Å². The molecule has 1 amide bonds. The number of carbonyl (C=O) groups excluding carboxylic acids is 1. The van der Waals surface area contributed by atoms with Gasteiger partial charge in [0.25, 0.3) is 0 Å². The molecule has 0 aromatic heterocycles. The standard InChI is InChI=1S/C12H16ClN3O/c1-7-5-16(6-10(7)14)11-3-2-8(12(15)17)4-9(11)13/h2-4,7,10H,5-6,14H2,1H3,(H2,15,17). The average Bonchev–Trinajstić information content (AvgIpc) is 2.58. The zero-order chi connectivity index (χ0) is 12.6. The quantitative estimate of drug-likeness (QED) is 0.833. The minimum atomic E-state index is -0.468. The van der Waals surface area contributed by atoms with Crippen molar-refractivity contribution in [1.29, 1.82) is 0 Å². The number of carbonyl (C=O) groups is 1. The first-order chi connectivity index (χ1) is 7.99. The Morgan fingerprint density at radius 1 is 1.47 bits per heavy atom. The topological polar surface area (TPSA) is 72.3 Å². The molecule has 1 aromatic carbocycles. The summed E-state index contributed by atoms with van der Waals surface area (Å²) in [5.41, 5.74) is 12.5. The maximum absolute atomic E-state index is 11.0. The number of halogens is 1. The van der Waals surface area contributed by atoms with E-state index in [1.54, 1.807) is 12.1 Å². The number of primary amides is 1. The molecule has 0 bridgehead atoms. The molecule has 1 fully saturated rings. The number of anilines is 1. The van der Waals surface area contributed by atoms with E-state index in [9.17, 15) is 4.79 Å². The van der Waals surface area contributed by atoms with Gasteiger partial charge < -0.3 is 16.4 Å². The van der Waals surface area contributed by atoms with E-state index in [-0.39, 0.29) is 6.04 Å². The molecule has 0 aliphatic carbocycles. The van der Waals surface area contributed by atoms with Gasteiger partial charge in [-0.1, -0.05) is 18.5 Å². The van der Waals surface area contributed by atoms with Crippen LogP contribution in [0.5, 0.6) is 0 Å². The molecular weight excluding hydrogens is 238 g/mol. The summed E-state index contributed by atoms with van der Waals surface area (Å²) in [6, 6.07) is 5.29. The summed E-state index contributed by atoms with van der Waals surface area (Å²) in [4.78, 5) is 13.2. The molecule has 1 aliphatic rings. The Morgan fingerprint density at radius 2 is 2.18 bits per heavy atom. The molecule has 4 nitrogen and oxygen atoms in total. The Morgan fingerprint density at radius 3 is 2.65 bits per heavy atom. The Labute approximate surface area is 106 Å². The van der Waals surface area contributed by atoms with Crippen LogP contribution in [0.2, 0.25) is 5.02 Å². The predicted molar refractivity (Wildman–Crippen MR) is 69.3 cm³/mol. The largest absolute Gasteiger partial charge is 0.368 e. The van der Waals surface area contributed by atoms with E-state index >= 15 is 0 Å². The molecule has 1 heterocycles. The Kier molecular flexibility index (Phi) is 3.26. The lowest BCUT2D eigenvalue weighted by molar-refractivity contribution is 0.100. The van der Waals surface area contributed by atoms with Gasteiger partial charge in [-0.25, -0.2) is 0 Å². The maximum Gasteiger partial charge on any atom is 0.248 e. The summed E-state index contributed by atoms with van der Waals surface area (Å²) in [5, 5.41) is 0.544. The van der Waals surface area contributed by atoms with Crippen LogP contribution < -0.4 is 16.4 Å². The molecule has 0 radical (unpaired) electrons. The van der Waals surface area contributed by atoms with Gasteiger partial charge >= 0.3 is 0 Å². The molecule has 2 unspecified atom stereocenters. The fourth-order valence-electron chi connectivity index (χ4n) is 2.11. The van der Waals surface area contributed by atoms with Crippen LogP contribution in [-0.2, 0) is 0 Å². The summed E-state index contributed by atoms with van der Waals surface area (Å²) >= 11 is 6.16. The van der Waals surface area contributed by atoms with Crippen LogP contribution in [0.4, 0.5) is 5.69 Å². The van der Waals surface area contributed by atoms with E-state index in [1.165, 1.54) is 0 Å². The molecule has 5 heteroatoms. The minimum Gasteiger partial charge on any atom is -0.368 e. The van der Waals surface area contributed by atoms with Crippen molar-refractivity contribution < 1.29 is 4.79 Å². The molecule has 17 heavy (non-hydrogen) atoms. The first-order valence-electron chi connectivity index (χ1n) is 5.59. The fraction of sp³-hybridized carbons (Fsp3) is 0.417. The number of nitrogens with two attached hydrogens (primary N) is 2. The summed E-state index contributed by atoms with van der Waals surface area (Å²) in [5.74, 6) is -0.0215. The molecule has 1 aromatic rings. The Bertz CT molecular complexity index is 439. The highest BCUT2D eigenvalue weighted by Gasteiger charge is 2.27. The van der Waals surface area contributed by atoms with Crippen LogP contribution in [0.15, 0.2) is 18.2 Å². The van der Waals surface area contributed by atoms with Gasteiger partial charge in [0, 0.05) is 24.7 Å². The first-order valence-corrected chi connectivity index (χ1v) is 5.96. The molecule has 92 valence electrons. The SMILES string of the molecule is CC1CN(c2ccc(C(N)=O)cc2Cl)CC1N. The van der Waals surface area contributed by atoms with E-state index in [4.69, 9.17) is 23.1 Å². The van der Waals surface area contributed by atoms with Crippen molar-refractivity contribution >= 4 is 23.2 Å². The highest BCUT2D eigenvalue weighted by atomic mass is 35.5. The number of nitrogens with zero attached hydrogens (tertiary/aromatic N) is 1. The summed E-state index contributed by atoms with van der Waals surface area (Å²) in [6.07, 6.45) is 0. The lowest BCUT2D eigenvalue weighted by Gasteiger charge is -2.19. The molecule has 4 N–H and O–H groups in total. The second-order valence-electron chi connectivity index (χ2n) is 4.58. The van der Waals surface area contributed by atoms with Gasteiger partial charge in [0.2, 0.25) is 5.91 Å². The van der Waals surface area contributed by atoms with Gasteiger partial charge in [0.1, 0.15) is 0 Å². The smallest absolute Gasteiger partial charge is 0.248 e. The number of benzene rings is 1. The van der Waals surface area contributed by atoms with Gasteiger partial charge in [-0.05, 0) is 24.1 Å². The summed E-state index contributed by atoms with van der Waals surface area (Å²) in [7, 11) is 0. The zero-order valence-corrected chi connectivity index (χ0v) is 10.4. The third kappa shape index (κ3) is 2.37. The molecule has 0 spiro atoms. The molecule has 2 atom stereocenters.